The molecule has 7 heteroatoms. The number of hydrogen-bond acceptors (Lipinski definition) is 5. The monoisotopic (exact) mass is 295 g/mol. The summed E-state index contributed by atoms with van der Waals surface area (Å²) in [5, 5.41) is 5.00. The molecule has 2 heterocycles. The Labute approximate surface area is 120 Å². The van der Waals surface area contributed by atoms with Crippen LogP contribution in [-0.4, -0.2) is 30.5 Å². The van der Waals surface area contributed by atoms with Crippen molar-refractivity contribution >= 4 is 23.4 Å². The zero-order valence-electron chi connectivity index (χ0n) is 10.4. The van der Waals surface area contributed by atoms with Crippen LogP contribution in [0.2, 0.25) is 5.28 Å². The number of nitrogens with zero attached hydrogens (tertiary/aromatic N) is 5. The van der Waals surface area contributed by atoms with Crippen molar-refractivity contribution in [2.45, 2.75) is 30.8 Å². The van der Waals surface area contributed by atoms with Crippen LogP contribution in [0.1, 0.15) is 25.7 Å². The summed E-state index contributed by atoms with van der Waals surface area (Å²) in [6, 6.07) is 1.82. The fraction of sp³-hybridized carbons (Fsp3) is 0.500. The fourth-order valence-corrected chi connectivity index (χ4v) is 3.47. The van der Waals surface area contributed by atoms with Gasteiger partial charge >= 0.3 is 0 Å². The van der Waals surface area contributed by atoms with E-state index in [1.54, 1.807) is 28.8 Å². The lowest BCUT2D eigenvalue weighted by Gasteiger charge is -2.07. The molecule has 1 fully saturated rings. The predicted octanol–water partition coefficient (Wildman–Crippen LogP) is 2.99. The van der Waals surface area contributed by atoms with Crippen LogP contribution in [0.5, 0.6) is 0 Å². The molecule has 19 heavy (non-hydrogen) atoms. The summed E-state index contributed by atoms with van der Waals surface area (Å²) in [5.74, 6) is 2.31. The predicted molar refractivity (Wildman–Crippen MR) is 74.6 cm³/mol. The maximum atomic E-state index is 5.95. The zero-order valence-corrected chi connectivity index (χ0v) is 11.9. The highest BCUT2D eigenvalue weighted by molar-refractivity contribution is 7.99. The van der Waals surface area contributed by atoms with Crippen molar-refractivity contribution in [2.75, 3.05) is 5.75 Å². The van der Waals surface area contributed by atoms with E-state index in [4.69, 9.17) is 11.6 Å². The van der Waals surface area contributed by atoms with Gasteiger partial charge in [0.25, 0.3) is 5.95 Å². The molecule has 0 bridgehead atoms. The quantitative estimate of drug-likeness (QED) is 0.812. The van der Waals surface area contributed by atoms with E-state index in [1.807, 2.05) is 6.07 Å². The summed E-state index contributed by atoms with van der Waals surface area (Å²) < 4.78 is 1.59. The molecule has 3 rings (SSSR count). The third-order valence-electron chi connectivity index (χ3n) is 3.21. The van der Waals surface area contributed by atoms with Crippen molar-refractivity contribution in [3.63, 3.8) is 0 Å². The van der Waals surface area contributed by atoms with Gasteiger partial charge in [-0.05, 0) is 36.4 Å². The largest absolute Gasteiger partial charge is 0.255 e. The van der Waals surface area contributed by atoms with Gasteiger partial charge in [-0.1, -0.05) is 24.6 Å². The maximum absolute atomic E-state index is 5.95. The molecular formula is C12H14ClN5S. The number of thioether (sulfide) groups is 1. The molecule has 0 amide bonds. The van der Waals surface area contributed by atoms with Gasteiger partial charge in [0.2, 0.25) is 5.28 Å². The molecule has 0 N–H and O–H groups in total. The molecule has 0 aromatic carbocycles. The van der Waals surface area contributed by atoms with E-state index in [2.05, 4.69) is 20.1 Å². The first-order chi connectivity index (χ1) is 9.31. The smallest absolute Gasteiger partial charge is 0.206 e. The molecule has 2 aromatic heterocycles. The molecule has 0 atom stereocenters. The minimum Gasteiger partial charge on any atom is -0.206 e. The molecule has 2 aromatic rings. The molecule has 0 saturated heterocycles. The van der Waals surface area contributed by atoms with Gasteiger partial charge in [-0.25, -0.2) is 4.68 Å². The molecule has 1 saturated carbocycles. The molecule has 100 valence electrons. The van der Waals surface area contributed by atoms with Crippen molar-refractivity contribution in [1.82, 2.24) is 24.7 Å². The summed E-state index contributed by atoms with van der Waals surface area (Å²) in [4.78, 5) is 12.6. The molecule has 0 spiro atoms. The minimum atomic E-state index is 0.217. The Hall–Kier alpha value is -1.14. The number of rotatable bonds is 4. The van der Waals surface area contributed by atoms with E-state index in [0.717, 1.165) is 11.7 Å². The molecule has 0 aliphatic heterocycles. The van der Waals surface area contributed by atoms with Crippen LogP contribution in [0.25, 0.3) is 5.95 Å². The standard InChI is InChI=1S/C12H14ClN5S/c13-10-15-11(18-7-3-6-14-18)17-12(16-10)19-8-9-4-1-2-5-9/h3,6-7,9H,1-2,4-5,8H2. The van der Waals surface area contributed by atoms with E-state index in [1.165, 1.54) is 25.7 Å². The highest BCUT2D eigenvalue weighted by Crippen LogP contribution is 2.30. The van der Waals surface area contributed by atoms with E-state index >= 15 is 0 Å². The lowest BCUT2D eigenvalue weighted by atomic mass is 10.1. The summed E-state index contributed by atoms with van der Waals surface area (Å²) in [6.07, 6.45) is 8.80. The van der Waals surface area contributed by atoms with E-state index in [0.29, 0.717) is 11.1 Å². The van der Waals surface area contributed by atoms with Gasteiger partial charge in [-0.15, -0.1) is 0 Å². The normalized spacial score (nSPS) is 16.1. The zero-order chi connectivity index (χ0) is 13.1. The summed E-state index contributed by atoms with van der Waals surface area (Å²) in [5.41, 5.74) is 0. The highest BCUT2D eigenvalue weighted by Gasteiger charge is 2.16. The minimum absolute atomic E-state index is 0.217. The first-order valence-corrected chi connectivity index (χ1v) is 7.72. The third kappa shape index (κ3) is 3.25. The molecule has 0 unspecified atom stereocenters. The summed E-state index contributed by atoms with van der Waals surface area (Å²) >= 11 is 7.60. The fourth-order valence-electron chi connectivity index (χ4n) is 2.25. The Morgan fingerprint density at radius 2 is 2.11 bits per heavy atom. The number of hydrogen-bond donors (Lipinski definition) is 0. The van der Waals surface area contributed by atoms with Gasteiger partial charge in [0.05, 0.1) is 0 Å². The van der Waals surface area contributed by atoms with Crippen LogP contribution < -0.4 is 0 Å². The Morgan fingerprint density at radius 1 is 1.26 bits per heavy atom. The van der Waals surface area contributed by atoms with Crippen LogP contribution >= 0.6 is 23.4 Å². The van der Waals surface area contributed by atoms with Gasteiger partial charge in [0.1, 0.15) is 0 Å². The van der Waals surface area contributed by atoms with Crippen LogP contribution in [0.3, 0.4) is 0 Å². The Morgan fingerprint density at radius 3 is 2.84 bits per heavy atom. The van der Waals surface area contributed by atoms with Crippen molar-refractivity contribution in [2.24, 2.45) is 5.92 Å². The van der Waals surface area contributed by atoms with Crippen molar-refractivity contribution < 1.29 is 0 Å². The van der Waals surface area contributed by atoms with Gasteiger partial charge in [0.15, 0.2) is 5.16 Å². The average molecular weight is 296 g/mol. The van der Waals surface area contributed by atoms with E-state index < -0.39 is 0 Å². The molecular weight excluding hydrogens is 282 g/mol. The topological polar surface area (TPSA) is 56.5 Å². The summed E-state index contributed by atoms with van der Waals surface area (Å²) in [6.45, 7) is 0. The van der Waals surface area contributed by atoms with E-state index in [-0.39, 0.29) is 5.28 Å². The summed E-state index contributed by atoms with van der Waals surface area (Å²) in [7, 11) is 0. The Kier molecular flexibility index (Phi) is 3.98. The lowest BCUT2D eigenvalue weighted by molar-refractivity contribution is 0.622. The van der Waals surface area contributed by atoms with Crippen LogP contribution in [0.4, 0.5) is 0 Å². The van der Waals surface area contributed by atoms with E-state index in [9.17, 15) is 0 Å². The van der Waals surface area contributed by atoms with Gasteiger partial charge in [-0.2, -0.15) is 20.1 Å². The van der Waals surface area contributed by atoms with Crippen molar-refractivity contribution in [3.05, 3.63) is 23.7 Å². The molecule has 1 aliphatic carbocycles. The van der Waals surface area contributed by atoms with Gasteiger partial charge in [-0.3, -0.25) is 0 Å². The second-order valence-corrected chi connectivity index (χ2v) is 5.92. The van der Waals surface area contributed by atoms with Crippen LogP contribution in [0.15, 0.2) is 23.6 Å². The second kappa shape index (κ2) is 5.88. The lowest BCUT2D eigenvalue weighted by Crippen LogP contribution is -2.05. The first kappa shape index (κ1) is 12.9. The van der Waals surface area contributed by atoms with Crippen LogP contribution in [-0.2, 0) is 0 Å². The highest BCUT2D eigenvalue weighted by atomic mass is 35.5. The Bertz CT molecular complexity index is 539. The molecule has 1 aliphatic rings. The second-order valence-electron chi connectivity index (χ2n) is 4.60. The van der Waals surface area contributed by atoms with Gasteiger partial charge in [0, 0.05) is 18.1 Å². The molecule has 0 radical (unpaired) electrons. The van der Waals surface area contributed by atoms with Crippen molar-refractivity contribution in [1.29, 1.82) is 0 Å². The van der Waals surface area contributed by atoms with Crippen molar-refractivity contribution in [3.8, 4) is 5.95 Å². The SMILES string of the molecule is Clc1nc(SCC2CCCC2)nc(-n2cccn2)n1. The maximum Gasteiger partial charge on any atom is 0.255 e. The first-order valence-electron chi connectivity index (χ1n) is 6.35. The van der Waals surface area contributed by atoms with Crippen LogP contribution in [0, 0.1) is 5.92 Å². The third-order valence-corrected chi connectivity index (χ3v) is 4.46. The number of halogens is 1. The van der Waals surface area contributed by atoms with Gasteiger partial charge < -0.3 is 0 Å². The molecule has 5 nitrogen and oxygen atoms in total. The number of aromatic nitrogens is 5. The average Bonchev–Trinajstić information content (AvgIpc) is 3.09. The Balaban J connectivity index is 1.74.